The van der Waals surface area contributed by atoms with E-state index in [9.17, 15) is 4.79 Å². The summed E-state index contributed by atoms with van der Waals surface area (Å²) in [5.74, 6) is 0.837. The average Bonchev–Trinajstić information content (AvgIpc) is 3.37. The molecule has 1 amide bonds. The summed E-state index contributed by atoms with van der Waals surface area (Å²) in [6.07, 6.45) is 8.79. The molecule has 34 heavy (non-hydrogen) atoms. The van der Waals surface area contributed by atoms with E-state index in [-0.39, 0.29) is 5.91 Å². The maximum atomic E-state index is 12.6. The maximum absolute atomic E-state index is 12.6. The minimum absolute atomic E-state index is 0.0876. The second kappa shape index (κ2) is 7.92. The number of anilines is 2. The molecule has 2 aliphatic rings. The van der Waals surface area contributed by atoms with Crippen LogP contribution in [0.15, 0.2) is 49.1 Å². The monoisotopic (exact) mass is 453 g/mol. The van der Waals surface area contributed by atoms with Gasteiger partial charge in [0.1, 0.15) is 12.1 Å². The topological polar surface area (TPSA) is 113 Å². The van der Waals surface area contributed by atoms with Crippen LogP contribution in [0.4, 0.5) is 11.5 Å². The highest BCUT2D eigenvalue weighted by Gasteiger charge is 2.40. The van der Waals surface area contributed by atoms with Crippen LogP contribution in [0.5, 0.6) is 0 Å². The third-order valence-electron chi connectivity index (χ3n) is 7.21. The number of H-pyrrole nitrogens is 1. The van der Waals surface area contributed by atoms with Crippen molar-refractivity contribution in [2.45, 2.75) is 44.7 Å². The van der Waals surface area contributed by atoms with Gasteiger partial charge in [-0.05, 0) is 79.1 Å². The highest BCUT2D eigenvalue weighted by molar-refractivity contribution is 5.99. The molecule has 8 heteroatoms. The van der Waals surface area contributed by atoms with Crippen LogP contribution in [0.3, 0.4) is 0 Å². The second-order valence-electron chi connectivity index (χ2n) is 9.49. The zero-order valence-corrected chi connectivity index (χ0v) is 19.1. The molecule has 1 aliphatic heterocycles. The molecule has 0 bridgehead atoms. The summed E-state index contributed by atoms with van der Waals surface area (Å²) in [4.78, 5) is 24.2. The second-order valence-corrected chi connectivity index (χ2v) is 9.49. The lowest BCUT2D eigenvalue weighted by molar-refractivity contribution is -0.123. The molecule has 0 saturated heterocycles. The van der Waals surface area contributed by atoms with E-state index in [1.807, 2.05) is 18.5 Å². The predicted molar refractivity (Wildman–Crippen MR) is 132 cm³/mol. The lowest BCUT2D eigenvalue weighted by Crippen LogP contribution is -2.56. The maximum Gasteiger partial charge on any atom is 0.244 e. The van der Waals surface area contributed by atoms with Crippen LogP contribution >= 0.6 is 0 Å². The van der Waals surface area contributed by atoms with Crippen molar-refractivity contribution >= 4 is 28.3 Å². The number of fused-ring (bicyclic) bond motifs is 2. The Bertz CT molecular complexity index is 1390. The molecule has 0 radical (unpaired) electrons. The normalized spacial score (nSPS) is 16.7. The van der Waals surface area contributed by atoms with Crippen LogP contribution in [0.1, 0.15) is 36.0 Å². The number of nitrogens with zero attached hydrogens (tertiary/aromatic N) is 4. The summed E-state index contributed by atoms with van der Waals surface area (Å²) in [5.41, 5.74) is 13.0. The highest BCUT2D eigenvalue weighted by atomic mass is 16.2. The van der Waals surface area contributed by atoms with Crippen molar-refractivity contribution in [3.05, 3.63) is 65.7 Å². The first kappa shape index (κ1) is 20.8. The van der Waals surface area contributed by atoms with E-state index < -0.39 is 5.54 Å². The first-order valence-corrected chi connectivity index (χ1v) is 11.7. The molecule has 1 aliphatic carbocycles. The fourth-order valence-electron chi connectivity index (χ4n) is 5.02. The quantitative estimate of drug-likeness (QED) is 0.434. The molecular weight excluding hydrogens is 426 g/mol. The molecule has 0 spiro atoms. The molecule has 4 aromatic rings. The van der Waals surface area contributed by atoms with Crippen LogP contribution in [0.25, 0.3) is 22.0 Å². The fraction of sp³-hybridized carbons (Fsp3) is 0.308. The molecule has 172 valence electrons. The molecule has 1 saturated carbocycles. The Labute approximate surface area is 197 Å². The smallest absolute Gasteiger partial charge is 0.244 e. The number of nitrogens with one attached hydrogen (secondary N) is 2. The van der Waals surface area contributed by atoms with Crippen LogP contribution in [-0.2, 0) is 17.8 Å². The zero-order chi connectivity index (χ0) is 23.3. The number of aromatic amines is 1. The van der Waals surface area contributed by atoms with E-state index in [2.05, 4.69) is 56.6 Å². The van der Waals surface area contributed by atoms with Gasteiger partial charge in [-0.25, -0.2) is 9.97 Å². The first-order chi connectivity index (χ1) is 16.5. The number of amides is 1. The molecule has 3 heterocycles. The highest BCUT2D eigenvalue weighted by Crippen LogP contribution is 2.34. The first-order valence-electron chi connectivity index (χ1n) is 11.7. The number of rotatable bonds is 4. The van der Waals surface area contributed by atoms with Gasteiger partial charge in [-0.3, -0.25) is 9.89 Å². The van der Waals surface area contributed by atoms with Crippen molar-refractivity contribution in [1.82, 2.24) is 20.2 Å². The molecule has 0 unspecified atom stereocenters. The molecule has 8 nitrogen and oxygen atoms in total. The van der Waals surface area contributed by atoms with Gasteiger partial charge >= 0.3 is 0 Å². The van der Waals surface area contributed by atoms with Crippen molar-refractivity contribution in [2.75, 3.05) is 16.8 Å². The lowest BCUT2D eigenvalue weighted by Gasteiger charge is -2.36. The minimum atomic E-state index is -0.716. The van der Waals surface area contributed by atoms with Gasteiger partial charge in [-0.1, -0.05) is 6.07 Å². The number of hydrogen-bond acceptors (Lipinski definition) is 6. The summed E-state index contributed by atoms with van der Waals surface area (Å²) >= 11 is 0. The molecule has 1 fully saturated rings. The SMILES string of the molecule is Cc1cc(-c2cn[nH]c2)cc2c(N3CCc4ccc(NC(=O)C5(N)CCC5)cc4C3)ncnc12. The third-order valence-corrected chi connectivity index (χ3v) is 7.21. The van der Waals surface area contributed by atoms with Crippen molar-refractivity contribution < 1.29 is 4.79 Å². The van der Waals surface area contributed by atoms with Gasteiger partial charge in [0.25, 0.3) is 0 Å². The van der Waals surface area contributed by atoms with Gasteiger partial charge in [-0.15, -0.1) is 0 Å². The molecule has 6 rings (SSSR count). The van der Waals surface area contributed by atoms with Crippen molar-refractivity contribution in [3.63, 3.8) is 0 Å². The number of benzene rings is 2. The van der Waals surface area contributed by atoms with Crippen molar-refractivity contribution in [2.24, 2.45) is 5.73 Å². The lowest BCUT2D eigenvalue weighted by atomic mass is 9.77. The van der Waals surface area contributed by atoms with E-state index >= 15 is 0 Å². The summed E-state index contributed by atoms with van der Waals surface area (Å²) in [6.45, 7) is 3.66. The third kappa shape index (κ3) is 3.51. The van der Waals surface area contributed by atoms with Gasteiger partial charge in [-0.2, -0.15) is 5.10 Å². The van der Waals surface area contributed by atoms with Crippen molar-refractivity contribution in [3.8, 4) is 11.1 Å². The van der Waals surface area contributed by atoms with E-state index in [1.54, 1.807) is 6.33 Å². The summed E-state index contributed by atoms with van der Waals surface area (Å²) < 4.78 is 0. The van der Waals surface area contributed by atoms with Gasteiger partial charge in [0.05, 0.1) is 17.3 Å². The van der Waals surface area contributed by atoms with Gasteiger partial charge < -0.3 is 16.0 Å². The van der Waals surface area contributed by atoms with Gasteiger partial charge in [0.15, 0.2) is 0 Å². The molecule has 2 aromatic heterocycles. The summed E-state index contributed by atoms with van der Waals surface area (Å²) in [7, 11) is 0. The summed E-state index contributed by atoms with van der Waals surface area (Å²) in [6, 6.07) is 10.5. The number of aryl methyl sites for hydroxylation is 1. The predicted octanol–water partition coefficient (Wildman–Crippen LogP) is 3.71. The van der Waals surface area contributed by atoms with Crippen LogP contribution in [-0.4, -0.2) is 38.2 Å². The van der Waals surface area contributed by atoms with E-state index in [0.717, 1.165) is 71.3 Å². The summed E-state index contributed by atoms with van der Waals surface area (Å²) in [5, 5.41) is 11.0. The molecule has 4 N–H and O–H groups in total. The van der Waals surface area contributed by atoms with Crippen LogP contribution < -0.4 is 16.0 Å². The van der Waals surface area contributed by atoms with Crippen LogP contribution in [0.2, 0.25) is 0 Å². The molecule has 2 aromatic carbocycles. The zero-order valence-electron chi connectivity index (χ0n) is 19.1. The fourth-order valence-corrected chi connectivity index (χ4v) is 5.02. The van der Waals surface area contributed by atoms with E-state index in [4.69, 9.17) is 10.7 Å². The minimum Gasteiger partial charge on any atom is -0.351 e. The number of aromatic nitrogens is 4. The van der Waals surface area contributed by atoms with Gasteiger partial charge in [0.2, 0.25) is 5.91 Å². The van der Waals surface area contributed by atoms with E-state index in [1.165, 1.54) is 11.1 Å². The van der Waals surface area contributed by atoms with Crippen molar-refractivity contribution in [1.29, 1.82) is 0 Å². The average molecular weight is 454 g/mol. The Hall–Kier alpha value is -3.78. The Morgan fingerprint density at radius 1 is 1.15 bits per heavy atom. The van der Waals surface area contributed by atoms with Crippen LogP contribution in [0, 0.1) is 6.92 Å². The number of carbonyl (C=O) groups excluding carboxylic acids is 1. The number of nitrogens with two attached hydrogens (primary N) is 1. The number of carbonyl (C=O) groups is 1. The molecule has 0 atom stereocenters. The van der Waals surface area contributed by atoms with E-state index in [0.29, 0.717) is 6.54 Å². The largest absolute Gasteiger partial charge is 0.351 e. The Morgan fingerprint density at radius 2 is 2.03 bits per heavy atom. The molecular formula is C26H27N7O. The Balaban J connectivity index is 1.32. The Kier molecular flexibility index (Phi) is 4.84. The Morgan fingerprint density at radius 3 is 2.79 bits per heavy atom. The standard InChI is InChI=1S/C26H27N7O/c1-16-9-18(20-12-30-31-13-20)11-22-23(16)28-15-29-24(22)33-8-5-17-3-4-21(10-19(17)14-33)32-25(34)26(27)6-2-7-26/h3-4,9-13,15H,2,5-8,14,27H2,1H3,(H,30,31)(H,32,34). The van der Waals surface area contributed by atoms with Gasteiger partial charge in [0, 0.05) is 35.9 Å². The number of hydrogen-bond donors (Lipinski definition) is 3.